The van der Waals surface area contributed by atoms with Crippen LogP contribution in [-0.2, 0) is 9.53 Å². The summed E-state index contributed by atoms with van der Waals surface area (Å²) in [4.78, 5) is 29.2. The van der Waals surface area contributed by atoms with Crippen LogP contribution in [0.1, 0.15) is 33.2 Å². The van der Waals surface area contributed by atoms with Crippen LogP contribution in [0.4, 0.5) is 0 Å². The standard InChI is InChI=1S/C18H21N5O4/c1-4-14(18(25)27-6-3)22-11-19-16-15(17(22)24)20-21-23(16)12-7-9-13(10-8-12)26-5-2/h7-11,14H,4-6H2,1-3H3/t14-/m0/s1. The van der Waals surface area contributed by atoms with Gasteiger partial charge in [0.15, 0.2) is 11.2 Å². The van der Waals surface area contributed by atoms with Crippen LogP contribution in [-0.4, -0.2) is 43.7 Å². The zero-order valence-corrected chi connectivity index (χ0v) is 15.5. The number of hydrogen-bond acceptors (Lipinski definition) is 7. The van der Waals surface area contributed by atoms with Crippen molar-refractivity contribution in [3.05, 3.63) is 40.9 Å². The molecule has 0 saturated heterocycles. The van der Waals surface area contributed by atoms with Crippen LogP contribution < -0.4 is 10.3 Å². The van der Waals surface area contributed by atoms with Gasteiger partial charge in [0.2, 0.25) is 0 Å². The fraction of sp³-hybridized carbons (Fsp3) is 0.389. The third-order valence-electron chi connectivity index (χ3n) is 4.06. The summed E-state index contributed by atoms with van der Waals surface area (Å²) in [5.74, 6) is 0.267. The normalized spacial score (nSPS) is 12.1. The van der Waals surface area contributed by atoms with E-state index in [0.717, 1.165) is 5.75 Å². The van der Waals surface area contributed by atoms with E-state index in [1.54, 1.807) is 38.1 Å². The first-order chi connectivity index (χ1) is 13.1. The predicted octanol–water partition coefficient (Wildman–Crippen LogP) is 1.89. The zero-order valence-electron chi connectivity index (χ0n) is 15.5. The van der Waals surface area contributed by atoms with Gasteiger partial charge in [0.1, 0.15) is 18.1 Å². The third-order valence-corrected chi connectivity index (χ3v) is 4.06. The lowest BCUT2D eigenvalue weighted by atomic mass is 10.2. The number of nitrogens with zero attached hydrogens (tertiary/aromatic N) is 5. The van der Waals surface area contributed by atoms with E-state index in [9.17, 15) is 9.59 Å². The largest absolute Gasteiger partial charge is 0.494 e. The van der Waals surface area contributed by atoms with Crippen LogP contribution in [0.15, 0.2) is 35.4 Å². The van der Waals surface area contributed by atoms with Gasteiger partial charge < -0.3 is 9.47 Å². The molecule has 2 heterocycles. The predicted molar refractivity (Wildman–Crippen MR) is 98.1 cm³/mol. The molecule has 27 heavy (non-hydrogen) atoms. The number of esters is 1. The Labute approximate surface area is 155 Å². The maximum absolute atomic E-state index is 12.8. The van der Waals surface area contributed by atoms with Crippen molar-refractivity contribution in [2.45, 2.75) is 33.2 Å². The fourth-order valence-electron chi connectivity index (χ4n) is 2.78. The molecule has 1 atom stereocenters. The van der Waals surface area contributed by atoms with Crippen molar-refractivity contribution in [3.63, 3.8) is 0 Å². The van der Waals surface area contributed by atoms with Crippen molar-refractivity contribution in [2.75, 3.05) is 13.2 Å². The van der Waals surface area contributed by atoms with Crippen LogP contribution >= 0.6 is 0 Å². The van der Waals surface area contributed by atoms with Gasteiger partial charge in [-0.25, -0.2) is 9.78 Å². The van der Waals surface area contributed by atoms with E-state index >= 15 is 0 Å². The topological polar surface area (TPSA) is 101 Å². The van der Waals surface area contributed by atoms with E-state index in [1.165, 1.54) is 15.6 Å². The lowest BCUT2D eigenvalue weighted by molar-refractivity contribution is -0.147. The Morgan fingerprint density at radius 3 is 2.52 bits per heavy atom. The van der Waals surface area contributed by atoms with Crippen molar-refractivity contribution in [1.29, 1.82) is 0 Å². The molecule has 3 aromatic rings. The van der Waals surface area contributed by atoms with E-state index in [0.29, 0.717) is 24.4 Å². The Bertz CT molecular complexity index is 993. The molecular formula is C18H21N5O4. The fourth-order valence-corrected chi connectivity index (χ4v) is 2.78. The molecule has 0 aliphatic rings. The Morgan fingerprint density at radius 2 is 1.89 bits per heavy atom. The molecule has 1 aromatic carbocycles. The maximum Gasteiger partial charge on any atom is 0.329 e. The molecule has 3 rings (SSSR count). The molecule has 0 spiro atoms. The van der Waals surface area contributed by atoms with E-state index in [4.69, 9.17) is 9.47 Å². The van der Waals surface area contributed by atoms with Crippen molar-refractivity contribution >= 4 is 17.1 Å². The highest BCUT2D eigenvalue weighted by atomic mass is 16.5. The van der Waals surface area contributed by atoms with Crippen LogP contribution in [0.5, 0.6) is 5.75 Å². The molecular weight excluding hydrogens is 350 g/mol. The SMILES string of the molecule is CCOC(=O)[C@H](CC)n1cnc2c(nnn2-c2ccc(OCC)cc2)c1=O. The Kier molecular flexibility index (Phi) is 5.49. The molecule has 0 unspecified atom stereocenters. The highest BCUT2D eigenvalue weighted by molar-refractivity contribution is 5.75. The number of hydrogen-bond donors (Lipinski definition) is 0. The molecule has 0 amide bonds. The van der Waals surface area contributed by atoms with Crippen molar-refractivity contribution in [3.8, 4) is 11.4 Å². The number of rotatable bonds is 7. The molecule has 0 bridgehead atoms. The van der Waals surface area contributed by atoms with Crippen molar-refractivity contribution < 1.29 is 14.3 Å². The second-order valence-electron chi connectivity index (χ2n) is 5.73. The third kappa shape index (κ3) is 3.53. The average molecular weight is 371 g/mol. The van der Waals surface area contributed by atoms with E-state index in [2.05, 4.69) is 15.3 Å². The Balaban J connectivity index is 2.02. The summed E-state index contributed by atoms with van der Waals surface area (Å²) >= 11 is 0. The van der Waals surface area contributed by atoms with Gasteiger partial charge in [-0.2, -0.15) is 4.68 Å². The lowest BCUT2D eigenvalue weighted by Gasteiger charge is -2.15. The summed E-state index contributed by atoms with van der Waals surface area (Å²) in [5.41, 5.74) is 0.674. The molecule has 0 aliphatic heterocycles. The van der Waals surface area contributed by atoms with Gasteiger partial charge in [0.05, 0.1) is 18.9 Å². The van der Waals surface area contributed by atoms with Crippen molar-refractivity contribution in [2.24, 2.45) is 0 Å². The minimum Gasteiger partial charge on any atom is -0.494 e. The summed E-state index contributed by atoms with van der Waals surface area (Å²) in [5, 5.41) is 8.01. The highest BCUT2D eigenvalue weighted by Crippen LogP contribution is 2.18. The number of benzene rings is 1. The first-order valence-electron chi connectivity index (χ1n) is 8.83. The second kappa shape index (κ2) is 7.98. The molecule has 0 N–H and O–H groups in total. The van der Waals surface area contributed by atoms with E-state index in [1.807, 2.05) is 6.92 Å². The summed E-state index contributed by atoms with van der Waals surface area (Å²) in [6.07, 6.45) is 1.74. The molecule has 9 nitrogen and oxygen atoms in total. The van der Waals surface area contributed by atoms with Crippen molar-refractivity contribution in [1.82, 2.24) is 24.5 Å². The maximum atomic E-state index is 12.8. The van der Waals surface area contributed by atoms with Crippen LogP contribution in [0.2, 0.25) is 0 Å². The lowest BCUT2D eigenvalue weighted by Crippen LogP contribution is -2.31. The van der Waals surface area contributed by atoms with Crippen LogP contribution in [0.25, 0.3) is 16.9 Å². The Hall–Kier alpha value is -3.23. The summed E-state index contributed by atoms with van der Waals surface area (Å²) < 4.78 is 13.2. The molecule has 0 saturated carbocycles. The van der Waals surface area contributed by atoms with Gasteiger partial charge in [-0.05, 0) is 44.5 Å². The zero-order chi connectivity index (χ0) is 19.4. The monoisotopic (exact) mass is 371 g/mol. The number of ether oxygens (including phenoxy) is 2. The minimum absolute atomic E-state index is 0.0918. The van der Waals surface area contributed by atoms with Crippen LogP contribution in [0, 0.1) is 0 Å². The van der Waals surface area contributed by atoms with Gasteiger partial charge in [-0.3, -0.25) is 9.36 Å². The molecule has 142 valence electrons. The van der Waals surface area contributed by atoms with Crippen LogP contribution in [0.3, 0.4) is 0 Å². The molecule has 0 fully saturated rings. The quantitative estimate of drug-likeness (QED) is 0.585. The molecule has 0 aliphatic carbocycles. The minimum atomic E-state index is -0.745. The summed E-state index contributed by atoms with van der Waals surface area (Å²) in [6, 6.07) is 6.48. The number of carbonyl (C=O) groups excluding carboxylic acids is 1. The van der Waals surface area contributed by atoms with Gasteiger partial charge in [0.25, 0.3) is 5.56 Å². The second-order valence-corrected chi connectivity index (χ2v) is 5.73. The summed E-state index contributed by atoms with van der Waals surface area (Å²) in [7, 11) is 0. The van der Waals surface area contributed by atoms with Gasteiger partial charge in [-0.1, -0.05) is 12.1 Å². The average Bonchev–Trinajstić information content (AvgIpc) is 3.10. The van der Waals surface area contributed by atoms with Gasteiger partial charge in [0, 0.05) is 0 Å². The highest BCUT2D eigenvalue weighted by Gasteiger charge is 2.23. The Morgan fingerprint density at radius 1 is 1.15 bits per heavy atom. The summed E-state index contributed by atoms with van der Waals surface area (Å²) in [6.45, 7) is 6.25. The number of fused-ring (bicyclic) bond motifs is 1. The molecule has 0 radical (unpaired) electrons. The molecule has 9 heteroatoms. The smallest absolute Gasteiger partial charge is 0.329 e. The first-order valence-corrected chi connectivity index (χ1v) is 8.83. The van der Waals surface area contributed by atoms with E-state index in [-0.39, 0.29) is 12.1 Å². The van der Waals surface area contributed by atoms with Gasteiger partial charge >= 0.3 is 5.97 Å². The number of aromatic nitrogens is 5. The van der Waals surface area contributed by atoms with Gasteiger partial charge in [-0.15, -0.1) is 5.10 Å². The first kappa shape index (κ1) is 18.6. The molecule has 2 aromatic heterocycles. The van der Waals surface area contributed by atoms with E-state index < -0.39 is 17.6 Å². The number of carbonyl (C=O) groups is 1.